The standard InChI is InChI=1S/C16H28O4/c1-6-7-11(2)14(17)12(3)15(18)16(4,5)13-8-9-19-10-20-13/h6,11-14,17H,1,7-10H2,2-5H3/t11?,12?,13?,14-/m0/s1. The van der Waals surface area contributed by atoms with Crippen LogP contribution in [0.2, 0.25) is 0 Å². The Morgan fingerprint density at radius 1 is 1.50 bits per heavy atom. The Labute approximate surface area is 122 Å². The van der Waals surface area contributed by atoms with Crippen LogP contribution < -0.4 is 0 Å². The molecule has 0 bridgehead atoms. The zero-order valence-corrected chi connectivity index (χ0v) is 13.1. The van der Waals surface area contributed by atoms with Crippen LogP contribution in [0.5, 0.6) is 0 Å². The van der Waals surface area contributed by atoms with E-state index in [9.17, 15) is 9.90 Å². The summed E-state index contributed by atoms with van der Waals surface area (Å²) in [6.45, 7) is 12.1. The number of aliphatic hydroxyl groups is 1. The molecule has 0 amide bonds. The Balaban J connectivity index is 2.72. The lowest BCUT2D eigenvalue weighted by molar-refractivity contribution is -0.181. The Morgan fingerprint density at radius 2 is 2.15 bits per heavy atom. The van der Waals surface area contributed by atoms with E-state index in [0.29, 0.717) is 19.4 Å². The third kappa shape index (κ3) is 3.90. The van der Waals surface area contributed by atoms with Crippen LogP contribution >= 0.6 is 0 Å². The van der Waals surface area contributed by atoms with Gasteiger partial charge in [-0.3, -0.25) is 4.79 Å². The Hall–Kier alpha value is -0.710. The molecule has 0 saturated carbocycles. The zero-order valence-electron chi connectivity index (χ0n) is 13.1. The summed E-state index contributed by atoms with van der Waals surface area (Å²) in [5, 5.41) is 10.3. The molecule has 1 aliphatic rings. The first-order chi connectivity index (χ1) is 9.32. The van der Waals surface area contributed by atoms with E-state index in [0.717, 1.165) is 0 Å². The number of hydrogen-bond donors (Lipinski definition) is 1. The van der Waals surface area contributed by atoms with Crippen LogP contribution in [0.3, 0.4) is 0 Å². The highest BCUT2D eigenvalue weighted by atomic mass is 16.7. The number of rotatable bonds is 7. The van der Waals surface area contributed by atoms with Crippen LogP contribution in [0.25, 0.3) is 0 Å². The Bertz CT molecular complexity index is 331. The van der Waals surface area contributed by atoms with Crippen molar-refractivity contribution in [3.8, 4) is 0 Å². The molecule has 0 aromatic heterocycles. The van der Waals surface area contributed by atoms with E-state index in [1.54, 1.807) is 13.0 Å². The SMILES string of the molecule is C=CCC(C)[C@H](O)C(C)C(=O)C(C)(C)C1CCOCO1. The molecule has 20 heavy (non-hydrogen) atoms. The van der Waals surface area contributed by atoms with Crippen LogP contribution in [0.1, 0.15) is 40.5 Å². The third-order valence-corrected chi connectivity index (χ3v) is 4.36. The van der Waals surface area contributed by atoms with Gasteiger partial charge in [-0.2, -0.15) is 0 Å². The number of ether oxygens (including phenoxy) is 2. The highest BCUT2D eigenvalue weighted by molar-refractivity contribution is 5.87. The molecule has 0 aliphatic carbocycles. The number of carbonyl (C=O) groups is 1. The van der Waals surface area contributed by atoms with E-state index in [-0.39, 0.29) is 24.6 Å². The van der Waals surface area contributed by atoms with Crippen LogP contribution in [0.4, 0.5) is 0 Å². The fourth-order valence-electron chi connectivity index (χ4n) is 2.83. The van der Waals surface area contributed by atoms with E-state index in [1.807, 2.05) is 20.8 Å². The van der Waals surface area contributed by atoms with Crippen molar-refractivity contribution in [2.75, 3.05) is 13.4 Å². The number of carbonyl (C=O) groups excluding carboxylic acids is 1. The minimum atomic E-state index is -0.653. The van der Waals surface area contributed by atoms with Gasteiger partial charge in [-0.25, -0.2) is 0 Å². The molecule has 4 heteroatoms. The van der Waals surface area contributed by atoms with Gasteiger partial charge in [0.15, 0.2) is 0 Å². The summed E-state index contributed by atoms with van der Waals surface area (Å²) >= 11 is 0. The van der Waals surface area contributed by atoms with Crippen LogP contribution in [-0.4, -0.2) is 36.5 Å². The number of Topliss-reactive ketones (excluding diaryl/α,β-unsaturated/α-hetero) is 1. The molecular weight excluding hydrogens is 256 g/mol. The lowest BCUT2D eigenvalue weighted by Crippen LogP contribution is -2.47. The average molecular weight is 284 g/mol. The van der Waals surface area contributed by atoms with E-state index in [2.05, 4.69) is 6.58 Å². The maximum atomic E-state index is 12.7. The molecule has 116 valence electrons. The van der Waals surface area contributed by atoms with Crippen molar-refractivity contribution in [2.24, 2.45) is 17.3 Å². The Morgan fingerprint density at radius 3 is 2.65 bits per heavy atom. The summed E-state index contributed by atoms with van der Waals surface area (Å²) in [5.74, 6) is -0.336. The maximum absolute atomic E-state index is 12.7. The molecule has 1 rings (SSSR count). The van der Waals surface area contributed by atoms with Crippen molar-refractivity contribution in [1.82, 2.24) is 0 Å². The molecule has 0 spiro atoms. The van der Waals surface area contributed by atoms with E-state index in [1.165, 1.54) is 0 Å². The van der Waals surface area contributed by atoms with E-state index >= 15 is 0 Å². The highest BCUT2D eigenvalue weighted by Gasteiger charge is 2.42. The molecule has 4 nitrogen and oxygen atoms in total. The largest absolute Gasteiger partial charge is 0.392 e. The van der Waals surface area contributed by atoms with Gasteiger partial charge in [0.1, 0.15) is 12.6 Å². The van der Waals surface area contributed by atoms with Gasteiger partial charge < -0.3 is 14.6 Å². The molecule has 1 heterocycles. The van der Waals surface area contributed by atoms with Gasteiger partial charge in [-0.05, 0) is 18.8 Å². The lowest BCUT2D eigenvalue weighted by atomic mass is 9.73. The summed E-state index contributed by atoms with van der Waals surface area (Å²) in [6, 6.07) is 0. The summed E-state index contributed by atoms with van der Waals surface area (Å²) in [6.07, 6.45) is 2.39. The number of ketones is 1. The van der Waals surface area contributed by atoms with Crippen molar-refractivity contribution in [3.05, 3.63) is 12.7 Å². The minimum absolute atomic E-state index is 0.0258. The number of hydrogen-bond acceptors (Lipinski definition) is 4. The summed E-state index contributed by atoms with van der Waals surface area (Å²) in [7, 11) is 0. The van der Waals surface area contributed by atoms with Gasteiger partial charge in [-0.15, -0.1) is 6.58 Å². The molecule has 1 aliphatic heterocycles. The van der Waals surface area contributed by atoms with Crippen molar-refractivity contribution in [1.29, 1.82) is 0 Å². The van der Waals surface area contributed by atoms with Gasteiger partial charge in [0.25, 0.3) is 0 Å². The van der Waals surface area contributed by atoms with Gasteiger partial charge in [0.2, 0.25) is 0 Å². The second-order valence-electron chi connectivity index (χ2n) is 6.34. The van der Waals surface area contributed by atoms with Gasteiger partial charge >= 0.3 is 0 Å². The Kier molecular flexibility index (Phi) is 6.37. The predicted molar refractivity (Wildman–Crippen MR) is 78.2 cm³/mol. The lowest BCUT2D eigenvalue weighted by Gasteiger charge is -2.38. The van der Waals surface area contributed by atoms with E-state index in [4.69, 9.17) is 9.47 Å². The molecule has 0 aromatic rings. The smallest absolute Gasteiger partial charge is 0.147 e. The average Bonchev–Trinajstić information content (AvgIpc) is 2.46. The first-order valence-corrected chi connectivity index (χ1v) is 7.35. The zero-order chi connectivity index (χ0) is 15.3. The van der Waals surface area contributed by atoms with Crippen LogP contribution in [0.15, 0.2) is 12.7 Å². The van der Waals surface area contributed by atoms with Crippen molar-refractivity contribution in [3.63, 3.8) is 0 Å². The van der Waals surface area contributed by atoms with E-state index < -0.39 is 17.4 Å². The summed E-state index contributed by atoms with van der Waals surface area (Å²) in [5.41, 5.74) is -0.613. The minimum Gasteiger partial charge on any atom is -0.392 e. The van der Waals surface area contributed by atoms with Crippen molar-refractivity contribution >= 4 is 5.78 Å². The summed E-state index contributed by atoms with van der Waals surface area (Å²) < 4.78 is 10.7. The fourth-order valence-corrected chi connectivity index (χ4v) is 2.83. The third-order valence-electron chi connectivity index (χ3n) is 4.36. The first-order valence-electron chi connectivity index (χ1n) is 7.35. The van der Waals surface area contributed by atoms with Gasteiger partial charge in [-0.1, -0.05) is 33.8 Å². The molecule has 3 unspecified atom stereocenters. The number of allylic oxidation sites excluding steroid dienone is 1. The molecule has 0 radical (unpaired) electrons. The quantitative estimate of drug-likeness (QED) is 0.730. The van der Waals surface area contributed by atoms with Crippen molar-refractivity contribution in [2.45, 2.75) is 52.7 Å². The molecule has 1 N–H and O–H groups in total. The highest BCUT2D eigenvalue weighted by Crippen LogP contribution is 2.33. The topological polar surface area (TPSA) is 55.8 Å². The molecule has 1 saturated heterocycles. The fraction of sp³-hybridized carbons (Fsp3) is 0.812. The molecule has 0 aromatic carbocycles. The molecular formula is C16H28O4. The van der Waals surface area contributed by atoms with Crippen LogP contribution in [-0.2, 0) is 14.3 Å². The van der Waals surface area contributed by atoms with Gasteiger partial charge in [0.05, 0.1) is 24.2 Å². The molecule has 1 fully saturated rings. The van der Waals surface area contributed by atoms with Crippen LogP contribution in [0, 0.1) is 17.3 Å². The monoisotopic (exact) mass is 284 g/mol. The second kappa shape index (κ2) is 7.34. The maximum Gasteiger partial charge on any atom is 0.147 e. The van der Waals surface area contributed by atoms with Crippen molar-refractivity contribution < 1.29 is 19.4 Å². The molecule has 4 atom stereocenters. The second-order valence-corrected chi connectivity index (χ2v) is 6.34. The number of aliphatic hydroxyl groups excluding tert-OH is 1. The summed E-state index contributed by atoms with van der Waals surface area (Å²) in [4.78, 5) is 12.7. The normalized spacial score (nSPS) is 24.8. The first kappa shape index (κ1) is 17.3. The predicted octanol–water partition coefficient (Wildman–Crippen LogP) is 2.55. The van der Waals surface area contributed by atoms with Gasteiger partial charge in [0, 0.05) is 5.92 Å².